The van der Waals surface area contributed by atoms with E-state index >= 15 is 0 Å². The summed E-state index contributed by atoms with van der Waals surface area (Å²) >= 11 is 1.81. The molecule has 1 aliphatic rings. The van der Waals surface area contributed by atoms with Gasteiger partial charge in [0.05, 0.1) is 25.3 Å². The van der Waals surface area contributed by atoms with Crippen LogP contribution in [-0.4, -0.2) is 56.3 Å². The fraction of sp³-hybridized carbons (Fsp3) is 0.688. The fourth-order valence-corrected chi connectivity index (χ4v) is 3.53. The Balaban J connectivity index is 0.00000264. The molecule has 1 aromatic rings. The number of hydrogen-bond donors (Lipinski definition) is 2. The molecule has 132 valence electrons. The molecule has 0 radical (unpaired) electrons. The molecule has 1 saturated heterocycles. The summed E-state index contributed by atoms with van der Waals surface area (Å²) in [6.45, 7) is 11.6. The largest absolute Gasteiger partial charge is 0.376 e. The van der Waals surface area contributed by atoms with Crippen molar-refractivity contribution < 1.29 is 4.74 Å². The Morgan fingerprint density at radius 2 is 2.17 bits per heavy atom. The van der Waals surface area contributed by atoms with Crippen LogP contribution in [0.2, 0.25) is 0 Å². The van der Waals surface area contributed by atoms with E-state index in [1.54, 1.807) is 0 Å². The van der Waals surface area contributed by atoms with E-state index in [9.17, 15) is 0 Å². The van der Waals surface area contributed by atoms with Crippen molar-refractivity contribution in [1.82, 2.24) is 15.5 Å². The molecule has 0 aromatic carbocycles. The lowest BCUT2D eigenvalue weighted by molar-refractivity contribution is -0.0327. The molecule has 0 bridgehead atoms. The predicted octanol–water partition coefficient (Wildman–Crippen LogP) is 2.70. The van der Waals surface area contributed by atoms with Crippen molar-refractivity contribution >= 4 is 41.3 Å². The summed E-state index contributed by atoms with van der Waals surface area (Å²) in [6.07, 6.45) is 0.294. The molecule has 7 heteroatoms. The standard InChI is InChI=1S/C16H28N4OS.HI/c1-4-17-16(18-5-2)19-11-14(15-7-6-10-22-15)20-8-9-21-13(3)12-20;/h6-7,10,13-14H,4-5,8-9,11-12H2,1-3H3,(H2,17,18,19);1H. The minimum absolute atomic E-state index is 0. The molecule has 1 fully saturated rings. The minimum Gasteiger partial charge on any atom is -0.376 e. The van der Waals surface area contributed by atoms with Crippen LogP contribution in [0, 0.1) is 0 Å². The Labute approximate surface area is 160 Å². The molecule has 0 aliphatic carbocycles. The highest BCUT2D eigenvalue weighted by Gasteiger charge is 2.26. The van der Waals surface area contributed by atoms with Crippen LogP contribution >= 0.6 is 35.3 Å². The smallest absolute Gasteiger partial charge is 0.191 e. The van der Waals surface area contributed by atoms with Gasteiger partial charge in [-0.05, 0) is 32.2 Å². The molecule has 2 N–H and O–H groups in total. The quantitative estimate of drug-likeness (QED) is 0.396. The molecule has 2 rings (SSSR count). The van der Waals surface area contributed by atoms with Crippen LogP contribution in [0.4, 0.5) is 0 Å². The van der Waals surface area contributed by atoms with E-state index in [4.69, 9.17) is 9.73 Å². The summed E-state index contributed by atoms with van der Waals surface area (Å²) in [5.74, 6) is 0.896. The van der Waals surface area contributed by atoms with Crippen molar-refractivity contribution in [2.45, 2.75) is 32.9 Å². The first-order chi connectivity index (χ1) is 10.7. The third-order valence-electron chi connectivity index (χ3n) is 3.70. The number of nitrogens with zero attached hydrogens (tertiary/aromatic N) is 2. The third-order valence-corrected chi connectivity index (χ3v) is 4.67. The molecule has 23 heavy (non-hydrogen) atoms. The SMILES string of the molecule is CCNC(=NCC(c1cccs1)N1CCOC(C)C1)NCC.I. The fourth-order valence-electron chi connectivity index (χ4n) is 2.68. The monoisotopic (exact) mass is 452 g/mol. The molecule has 2 unspecified atom stereocenters. The third kappa shape index (κ3) is 6.56. The van der Waals surface area contributed by atoms with Gasteiger partial charge >= 0.3 is 0 Å². The van der Waals surface area contributed by atoms with E-state index in [1.807, 2.05) is 11.3 Å². The normalized spacial score (nSPS) is 19.5. The molecule has 5 nitrogen and oxygen atoms in total. The van der Waals surface area contributed by atoms with Crippen molar-refractivity contribution in [3.8, 4) is 0 Å². The topological polar surface area (TPSA) is 48.9 Å². The molecular weight excluding hydrogens is 423 g/mol. The van der Waals surface area contributed by atoms with Crippen molar-refractivity contribution in [1.29, 1.82) is 0 Å². The van der Waals surface area contributed by atoms with E-state index in [0.29, 0.717) is 12.1 Å². The van der Waals surface area contributed by atoms with Gasteiger partial charge in [0.2, 0.25) is 0 Å². The molecule has 2 atom stereocenters. The average molecular weight is 452 g/mol. The zero-order valence-electron chi connectivity index (χ0n) is 14.2. The Kier molecular flexibility index (Phi) is 10.1. The van der Waals surface area contributed by atoms with Gasteiger partial charge in [-0.1, -0.05) is 6.07 Å². The predicted molar refractivity (Wildman–Crippen MR) is 109 cm³/mol. The first kappa shape index (κ1) is 20.7. The van der Waals surface area contributed by atoms with Gasteiger partial charge in [0.15, 0.2) is 5.96 Å². The Morgan fingerprint density at radius 3 is 2.74 bits per heavy atom. The number of rotatable bonds is 6. The molecule has 0 saturated carbocycles. The van der Waals surface area contributed by atoms with E-state index in [1.165, 1.54) is 4.88 Å². The molecule has 1 aliphatic heterocycles. The average Bonchev–Trinajstić information content (AvgIpc) is 3.02. The van der Waals surface area contributed by atoms with Gasteiger partial charge in [0.1, 0.15) is 0 Å². The van der Waals surface area contributed by atoms with Crippen LogP contribution in [0.15, 0.2) is 22.5 Å². The number of aliphatic imine (C=N–C) groups is 1. The van der Waals surface area contributed by atoms with Gasteiger partial charge in [-0.2, -0.15) is 0 Å². The zero-order valence-corrected chi connectivity index (χ0v) is 17.4. The molecule has 2 heterocycles. The molecule has 0 amide bonds. The first-order valence-electron chi connectivity index (χ1n) is 8.15. The lowest BCUT2D eigenvalue weighted by Crippen LogP contribution is -2.44. The second-order valence-corrected chi connectivity index (χ2v) is 6.44. The number of nitrogens with one attached hydrogen (secondary N) is 2. The first-order valence-corrected chi connectivity index (χ1v) is 9.03. The van der Waals surface area contributed by atoms with E-state index in [0.717, 1.165) is 45.3 Å². The van der Waals surface area contributed by atoms with E-state index in [2.05, 4.69) is 53.8 Å². The number of halogens is 1. The molecule has 1 aromatic heterocycles. The second kappa shape index (κ2) is 11.2. The van der Waals surface area contributed by atoms with Gasteiger partial charge in [0, 0.05) is 31.1 Å². The Morgan fingerprint density at radius 1 is 1.43 bits per heavy atom. The summed E-state index contributed by atoms with van der Waals surface area (Å²) < 4.78 is 5.68. The van der Waals surface area contributed by atoms with Crippen LogP contribution < -0.4 is 10.6 Å². The van der Waals surface area contributed by atoms with Gasteiger partial charge in [-0.15, -0.1) is 35.3 Å². The maximum absolute atomic E-state index is 5.68. The zero-order chi connectivity index (χ0) is 15.8. The molecule has 0 spiro atoms. The summed E-state index contributed by atoms with van der Waals surface area (Å²) in [5.41, 5.74) is 0. The van der Waals surface area contributed by atoms with Crippen molar-refractivity contribution in [3.05, 3.63) is 22.4 Å². The maximum Gasteiger partial charge on any atom is 0.191 e. The minimum atomic E-state index is 0. The number of morpholine rings is 1. The maximum atomic E-state index is 5.68. The van der Waals surface area contributed by atoms with Crippen LogP contribution in [0.5, 0.6) is 0 Å². The number of hydrogen-bond acceptors (Lipinski definition) is 4. The summed E-state index contributed by atoms with van der Waals surface area (Å²) in [4.78, 5) is 8.66. The Bertz CT molecular complexity index is 447. The van der Waals surface area contributed by atoms with Gasteiger partial charge in [-0.25, -0.2) is 0 Å². The van der Waals surface area contributed by atoms with Crippen molar-refractivity contribution in [3.63, 3.8) is 0 Å². The van der Waals surface area contributed by atoms with Crippen molar-refractivity contribution in [2.75, 3.05) is 39.3 Å². The lowest BCUT2D eigenvalue weighted by atomic mass is 10.1. The highest BCUT2D eigenvalue weighted by molar-refractivity contribution is 14.0. The number of thiophene rings is 1. The van der Waals surface area contributed by atoms with Gasteiger partial charge in [-0.3, -0.25) is 9.89 Å². The summed E-state index contributed by atoms with van der Waals surface area (Å²) in [5, 5.41) is 8.73. The van der Waals surface area contributed by atoms with E-state index in [-0.39, 0.29) is 24.0 Å². The number of guanidine groups is 1. The van der Waals surface area contributed by atoms with Crippen molar-refractivity contribution in [2.24, 2.45) is 4.99 Å². The van der Waals surface area contributed by atoms with Crippen LogP contribution in [0.25, 0.3) is 0 Å². The highest BCUT2D eigenvalue weighted by atomic mass is 127. The van der Waals surface area contributed by atoms with Gasteiger partial charge < -0.3 is 15.4 Å². The van der Waals surface area contributed by atoms with E-state index < -0.39 is 0 Å². The Hall–Kier alpha value is -0.380. The summed E-state index contributed by atoms with van der Waals surface area (Å²) in [6, 6.07) is 4.67. The summed E-state index contributed by atoms with van der Waals surface area (Å²) in [7, 11) is 0. The van der Waals surface area contributed by atoms with Gasteiger partial charge in [0.25, 0.3) is 0 Å². The highest BCUT2D eigenvalue weighted by Crippen LogP contribution is 2.27. The van der Waals surface area contributed by atoms with Crippen LogP contribution in [0.3, 0.4) is 0 Å². The lowest BCUT2D eigenvalue weighted by Gasteiger charge is -2.36. The van der Waals surface area contributed by atoms with Crippen LogP contribution in [0.1, 0.15) is 31.7 Å². The second-order valence-electron chi connectivity index (χ2n) is 5.46. The number of ether oxygens (including phenoxy) is 1. The van der Waals surface area contributed by atoms with Crippen LogP contribution in [-0.2, 0) is 4.74 Å². The molecular formula is C16H29IN4OS.